The molecule has 0 saturated carbocycles. The van der Waals surface area contributed by atoms with Gasteiger partial charge in [-0.25, -0.2) is 0 Å². The molecular formula is C11H12N2O3. The standard InChI is InChI=1S/C11H12N2O3/c1-7-9(6-16-13-7)11(14)10(12)5-8-3-2-4-15-8/h2-4,6,10H,5,12H2,1H3. The second-order valence-corrected chi connectivity index (χ2v) is 3.57. The molecule has 2 N–H and O–H groups in total. The molecule has 2 heterocycles. The minimum absolute atomic E-state index is 0.185. The fraction of sp³-hybridized carbons (Fsp3) is 0.273. The number of carbonyl (C=O) groups is 1. The van der Waals surface area contributed by atoms with Gasteiger partial charge in [-0.1, -0.05) is 5.16 Å². The summed E-state index contributed by atoms with van der Waals surface area (Å²) in [6.07, 6.45) is 3.24. The van der Waals surface area contributed by atoms with E-state index in [-0.39, 0.29) is 5.78 Å². The van der Waals surface area contributed by atoms with Crippen LogP contribution in [0, 0.1) is 6.92 Å². The highest BCUT2D eigenvalue weighted by Gasteiger charge is 2.21. The Morgan fingerprint density at radius 3 is 3.00 bits per heavy atom. The van der Waals surface area contributed by atoms with Crippen LogP contribution in [-0.4, -0.2) is 17.0 Å². The quantitative estimate of drug-likeness (QED) is 0.786. The van der Waals surface area contributed by atoms with E-state index < -0.39 is 6.04 Å². The Labute approximate surface area is 92.2 Å². The van der Waals surface area contributed by atoms with Crippen LogP contribution in [-0.2, 0) is 6.42 Å². The zero-order chi connectivity index (χ0) is 11.5. The molecule has 0 aliphatic heterocycles. The fourth-order valence-corrected chi connectivity index (χ4v) is 1.47. The lowest BCUT2D eigenvalue weighted by molar-refractivity contribution is 0.0957. The summed E-state index contributed by atoms with van der Waals surface area (Å²) >= 11 is 0. The van der Waals surface area contributed by atoms with Crippen LogP contribution >= 0.6 is 0 Å². The van der Waals surface area contributed by atoms with E-state index in [0.29, 0.717) is 23.4 Å². The van der Waals surface area contributed by atoms with Crippen molar-refractivity contribution in [2.75, 3.05) is 0 Å². The maximum absolute atomic E-state index is 11.9. The molecule has 0 bridgehead atoms. The van der Waals surface area contributed by atoms with Crippen molar-refractivity contribution in [3.05, 3.63) is 41.7 Å². The van der Waals surface area contributed by atoms with Gasteiger partial charge in [0.05, 0.1) is 23.6 Å². The summed E-state index contributed by atoms with van der Waals surface area (Å²) < 4.78 is 9.83. The maximum atomic E-state index is 11.9. The van der Waals surface area contributed by atoms with E-state index in [0.717, 1.165) is 0 Å². The molecule has 0 saturated heterocycles. The summed E-state index contributed by atoms with van der Waals surface area (Å²) in [6.45, 7) is 1.70. The molecule has 0 aromatic carbocycles. The number of rotatable bonds is 4. The van der Waals surface area contributed by atoms with Crippen molar-refractivity contribution < 1.29 is 13.7 Å². The van der Waals surface area contributed by atoms with Crippen molar-refractivity contribution in [2.24, 2.45) is 5.73 Å². The lowest BCUT2D eigenvalue weighted by atomic mass is 10.0. The first-order valence-electron chi connectivity index (χ1n) is 4.91. The zero-order valence-corrected chi connectivity index (χ0v) is 8.84. The molecule has 1 atom stereocenters. The lowest BCUT2D eigenvalue weighted by Gasteiger charge is -2.07. The number of carbonyl (C=O) groups excluding carboxylic acids is 1. The van der Waals surface area contributed by atoms with Gasteiger partial charge >= 0.3 is 0 Å². The summed E-state index contributed by atoms with van der Waals surface area (Å²) in [6, 6.07) is 2.91. The predicted octanol–water partition coefficient (Wildman–Crippen LogP) is 1.33. The highest BCUT2D eigenvalue weighted by molar-refractivity contribution is 6.00. The highest BCUT2D eigenvalue weighted by Crippen LogP contribution is 2.11. The van der Waals surface area contributed by atoms with Gasteiger partial charge in [0.15, 0.2) is 5.78 Å². The van der Waals surface area contributed by atoms with Crippen molar-refractivity contribution in [3.63, 3.8) is 0 Å². The van der Waals surface area contributed by atoms with E-state index in [1.807, 2.05) is 0 Å². The summed E-state index contributed by atoms with van der Waals surface area (Å²) in [5, 5.41) is 3.64. The Morgan fingerprint density at radius 2 is 2.44 bits per heavy atom. The fourth-order valence-electron chi connectivity index (χ4n) is 1.47. The maximum Gasteiger partial charge on any atom is 0.185 e. The smallest absolute Gasteiger partial charge is 0.185 e. The number of furan rings is 1. The molecule has 5 heteroatoms. The Morgan fingerprint density at radius 1 is 1.62 bits per heavy atom. The van der Waals surface area contributed by atoms with Crippen molar-refractivity contribution in [1.82, 2.24) is 5.16 Å². The molecule has 0 spiro atoms. The van der Waals surface area contributed by atoms with Gasteiger partial charge < -0.3 is 14.7 Å². The number of hydrogen-bond donors (Lipinski definition) is 1. The van der Waals surface area contributed by atoms with Gasteiger partial charge in [-0.05, 0) is 19.1 Å². The van der Waals surface area contributed by atoms with Crippen molar-refractivity contribution >= 4 is 5.78 Å². The van der Waals surface area contributed by atoms with Crippen LogP contribution in [0.2, 0.25) is 0 Å². The van der Waals surface area contributed by atoms with Crippen LogP contribution in [0.15, 0.2) is 33.6 Å². The van der Waals surface area contributed by atoms with Gasteiger partial charge in [-0.3, -0.25) is 4.79 Å². The van der Waals surface area contributed by atoms with E-state index >= 15 is 0 Å². The SMILES string of the molecule is Cc1nocc1C(=O)C(N)Cc1ccco1. The molecule has 1 unspecified atom stereocenters. The Hall–Kier alpha value is -1.88. The van der Waals surface area contributed by atoms with Crippen LogP contribution in [0.25, 0.3) is 0 Å². The number of nitrogens with two attached hydrogens (primary N) is 1. The van der Waals surface area contributed by atoms with E-state index in [1.165, 1.54) is 6.26 Å². The first-order valence-corrected chi connectivity index (χ1v) is 4.91. The van der Waals surface area contributed by atoms with Crippen molar-refractivity contribution in [3.8, 4) is 0 Å². The minimum Gasteiger partial charge on any atom is -0.469 e. The molecule has 5 nitrogen and oxygen atoms in total. The third-order valence-corrected chi connectivity index (χ3v) is 2.35. The Bertz CT molecular complexity index is 473. The third kappa shape index (κ3) is 2.04. The largest absolute Gasteiger partial charge is 0.469 e. The van der Waals surface area contributed by atoms with E-state index in [4.69, 9.17) is 14.7 Å². The molecule has 0 amide bonds. The molecule has 0 aliphatic carbocycles. The third-order valence-electron chi connectivity index (χ3n) is 2.35. The van der Waals surface area contributed by atoms with Gasteiger partial charge in [0.25, 0.3) is 0 Å². The molecule has 0 fully saturated rings. The molecule has 2 aromatic rings. The molecular weight excluding hydrogens is 208 g/mol. The van der Waals surface area contributed by atoms with Crippen LogP contribution in [0.5, 0.6) is 0 Å². The molecule has 16 heavy (non-hydrogen) atoms. The van der Waals surface area contributed by atoms with Gasteiger partial charge in [0.2, 0.25) is 0 Å². The summed E-state index contributed by atoms with van der Waals surface area (Å²) in [5.41, 5.74) is 6.77. The molecule has 0 aliphatic rings. The Balaban J connectivity index is 2.08. The molecule has 84 valence electrons. The highest BCUT2D eigenvalue weighted by atomic mass is 16.5. The normalized spacial score (nSPS) is 12.6. The number of nitrogens with zero attached hydrogens (tertiary/aromatic N) is 1. The molecule has 2 aromatic heterocycles. The predicted molar refractivity (Wildman–Crippen MR) is 56.0 cm³/mol. The van der Waals surface area contributed by atoms with E-state index in [1.54, 1.807) is 25.3 Å². The summed E-state index contributed by atoms with van der Waals surface area (Å²) in [7, 11) is 0. The topological polar surface area (TPSA) is 82.3 Å². The molecule has 2 rings (SSSR count). The second kappa shape index (κ2) is 4.32. The van der Waals surface area contributed by atoms with Crippen LogP contribution in [0.3, 0.4) is 0 Å². The van der Waals surface area contributed by atoms with E-state index in [9.17, 15) is 4.79 Å². The average Bonchev–Trinajstić information content (AvgIpc) is 2.88. The van der Waals surface area contributed by atoms with Crippen LogP contribution in [0.1, 0.15) is 21.8 Å². The minimum atomic E-state index is -0.635. The van der Waals surface area contributed by atoms with Gasteiger partial charge in [0.1, 0.15) is 12.0 Å². The van der Waals surface area contributed by atoms with Crippen molar-refractivity contribution in [2.45, 2.75) is 19.4 Å². The monoisotopic (exact) mass is 220 g/mol. The van der Waals surface area contributed by atoms with E-state index in [2.05, 4.69) is 5.16 Å². The first-order chi connectivity index (χ1) is 7.68. The van der Waals surface area contributed by atoms with Crippen LogP contribution < -0.4 is 5.73 Å². The van der Waals surface area contributed by atoms with Gasteiger partial charge in [-0.2, -0.15) is 0 Å². The number of aromatic nitrogens is 1. The average molecular weight is 220 g/mol. The van der Waals surface area contributed by atoms with Gasteiger partial charge in [0, 0.05) is 6.42 Å². The van der Waals surface area contributed by atoms with Crippen molar-refractivity contribution in [1.29, 1.82) is 0 Å². The second-order valence-electron chi connectivity index (χ2n) is 3.57. The number of hydrogen-bond acceptors (Lipinski definition) is 5. The Kier molecular flexibility index (Phi) is 2.87. The van der Waals surface area contributed by atoms with Crippen LogP contribution in [0.4, 0.5) is 0 Å². The van der Waals surface area contributed by atoms with Gasteiger partial charge in [-0.15, -0.1) is 0 Å². The summed E-state index contributed by atoms with van der Waals surface area (Å²) in [5.74, 6) is 0.505. The number of aryl methyl sites for hydroxylation is 1. The number of ketones is 1. The zero-order valence-electron chi connectivity index (χ0n) is 8.84. The summed E-state index contributed by atoms with van der Waals surface area (Å²) in [4.78, 5) is 11.9. The first kappa shape index (κ1) is 10.6. The number of Topliss-reactive ketones (excluding diaryl/α,β-unsaturated/α-hetero) is 1. The lowest BCUT2D eigenvalue weighted by Crippen LogP contribution is -2.32. The molecule has 0 radical (unpaired) electrons.